The van der Waals surface area contributed by atoms with Gasteiger partial charge in [0.1, 0.15) is 0 Å². The minimum absolute atomic E-state index is 0.218. The quantitative estimate of drug-likeness (QED) is 0.838. The zero-order valence-electron chi connectivity index (χ0n) is 11.0. The molecule has 2 unspecified atom stereocenters. The van der Waals surface area contributed by atoms with Crippen LogP contribution < -0.4 is 5.73 Å². The van der Waals surface area contributed by atoms with Crippen LogP contribution in [0.25, 0.3) is 0 Å². The molecule has 2 N–H and O–H groups in total. The number of aryl methyl sites for hydroxylation is 1. The first-order valence-electron chi connectivity index (χ1n) is 6.51. The van der Waals surface area contributed by atoms with E-state index in [0.717, 1.165) is 31.2 Å². The summed E-state index contributed by atoms with van der Waals surface area (Å²) in [6, 6.07) is 5.02. The highest BCUT2D eigenvalue weighted by atomic mass is 32.2. The number of nitrogen functional groups attached to an aromatic ring is 1. The van der Waals surface area contributed by atoms with Crippen LogP contribution in [0, 0.1) is 12.8 Å². The smallest absolute Gasteiger partial charge is 0.181 e. The van der Waals surface area contributed by atoms with Crippen molar-refractivity contribution in [2.75, 3.05) is 5.73 Å². The monoisotopic (exact) mass is 267 g/mol. The van der Waals surface area contributed by atoms with Crippen molar-refractivity contribution in [3.8, 4) is 0 Å². The van der Waals surface area contributed by atoms with Crippen LogP contribution in [0.5, 0.6) is 0 Å². The fraction of sp³-hybridized carbons (Fsp3) is 0.571. The van der Waals surface area contributed by atoms with E-state index in [1.54, 1.807) is 18.2 Å². The van der Waals surface area contributed by atoms with Crippen molar-refractivity contribution >= 4 is 15.5 Å². The van der Waals surface area contributed by atoms with Gasteiger partial charge in [0.05, 0.1) is 10.1 Å². The van der Waals surface area contributed by atoms with Crippen LogP contribution in [0.4, 0.5) is 5.69 Å². The van der Waals surface area contributed by atoms with Crippen molar-refractivity contribution < 1.29 is 8.42 Å². The van der Waals surface area contributed by atoms with Gasteiger partial charge in [-0.15, -0.1) is 0 Å². The highest BCUT2D eigenvalue weighted by molar-refractivity contribution is 7.92. The van der Waals surface area contributed by atoms with E-state index in [1.807, 2.05) is 6.92 Å². The van der Waals surface area contributed by atoms with E-state index in [4.69, 9.17) is 5.73 Å². The van der Waals surface area contributed by atoms with Crippen LogP contribution >= 0.6 is 0 Å². The molecule has 0 saturated heterocycles. The Morgan fingerprint density at radius 2 is 2.00 bits per heavy atom. The molecular formula is C14H21NO2S. The molecule has 0 aliphatic heterocycles. The van der Waals surface area contributed by atoms with Gasteiger partial charge in [0.25, 0.3) is 0 Å². The number of rotatable bonds is 2. The number of hydrogen-bond acceptors (Lipinski definition) is 3. The lowest BCUT2D eigenvalue weighted by atomic mass is 9.91. The summed E-state index contributed by atoms with van der Waals surface area (Å²) < 4.78 is 25.1. The Morgan fingerprint density at radius 1 is 1.28 bits per heavy atom. The lowest BCUT2D eigenvalue weighted by Gasteiger charge is -2.26. The number of benzene rings is 1. The lowest BCUT2D eigenvalue weighted by Crippen LogP contribution is -2.27. The van der Waals surface area contributed by atoms with Gasteiger partial charge in [-0.05, 0) is 49.4 Å². The molecule has 1 aromatic rings. The maximum Gasteiger partial charge on any atom is 0.181 e. The third-order valence-corrected chi connectivity index (χ3v) is 6.11. The minimum Gasteiger partial charge on any atom is -0.399 e. The molecule has 0 amide bonds. The second-order valence-electron chi connectivity index (χ2n) is 5.46. The number of hydrogen-bond donors (Lipinski definition) is 1. The normalized spacial score (nSPS) is 25.0. The zero-order valence-corrected chi connectivity index (χ0v) is 11.8. The van der Waals surface area contributed by atoms with Crippen LogP contribution in [0.1, 0.15) is 38.2 Å². The molecule has 1 aliphatic carbocycles. The number of sulfone groups is 1. The van der Waals surface area contributed by atoms with Gasteiger partial charge in [-0.2, -0.15) is 0 Å². The molecule has 2 atom stereocenters. The molecule has 100 valence electrons. The molecule has 0 spiro atoms. The Morgan fingerprint density at radius 3 is 2.61 bits per heavy atom. The van der Waals surface area contributed by atoms with E-state index in [2.05, 4.69) is 6.92 Å². The Bertz CT molecular complexity index is 537. The van der Waals surface area contributed by atoms with Crippen molar-refractivity contribution in [2.24, 2.45) is 5.92 Å². The van der Waals surface area contributed by atoms with Crippen molar-refractivity contribution in [3.05, 3.63) is 23.8 Å². The van der Waals surface area contributed by atoms with E-state index in [-0.39, 0.29) is 5.25 Å². The molecule has 0 aromatic heterocycles. The topological polar surface area (TPSA) is 60.2 Å². The Balaban J connectivity index is 2.32. The maximum atomic E-state index is 12.6. The van der Waals surface area contributed by atoms with Crippen LogP contribution in [0.15, 0.2) is 23.1 Å². The van der Waals surface area contributed by atoms with Crippen LogP contribution in [0.3, 0.4) is 0 Å². The van der Waals surface area contributed by atoms with Gasteiger partial charge in [-0.3, -0.25) is 0 Å². The van der Waals surface area contributed by atoms with E-state index in [1.165, 1.54) is 0 Å². The fourth-order valence-electron chi connectivity index (χ4n) is 2.68. The van der Waals surface area contributed by atoms with E-state index < -0.39 is 9.84 Å². The highest BCUT2D eigenvalue weighted by Gasteiger charge is 2.31. The predicted molar refractivity (Wildman–Crippen MR) is 74.2 cm³/mol. The van der Waals surface area contributed by atoms with Gasteiger partial charge in [0, 0.05) is 5.69 Å². The largest absolute Gasteiger partial charge is 0.399 e. The first kappa shape index (κ1) is 13.4. The van der Waals surface area contributed by atoms with E-state index in [0.29, 0.717) is 16.5 Å². The Labute approximate surface area is 109 Å². The van der Waals surface area contributed by atoms with Gasteiger partial charge in [0.2, 0.25) is 0 Å². The van der Waals surface area contributed by atoms with E-state index >= 15 is 0 Å². The third kappa shape index (κ3) is 2.53. The van der Waals surface area contributed by atoms with Crippen LogP contribution in [-0.2, 0) is 9.84 Å². The minimum atomic E-state index is -3.19. The molecule has 4 heteroatoms. The summed E-state index contributed by atoms with van der Waals surface area (Å²) in [6.07, 6.45) is 3.73. The average Bonchev–Trinajstić information content (AvgIpc) is 2.32. The van der Waals surface area contributed by atoms with Crippen LogP contribution in [0.2, 0.25) is 0 Å². The molecule has 2 rings (SSSR count). The predicted octanol–water partition coefficient (Wildman–Crippen LogP) is 2.93. The molecular weight excluding hydrogens is 246 g/mol. The summed E-state index contributed by atoms with van der Waals surface area (Å²) in [4.78, 5) is 0.424. The van der Waals surface area contributed by atoms with Gasteiger partial charge in [-0.25, -0.2) is 8.42 Å². The van der Waals surface area contributed by atoms with Crippen molar-refractivity contribution in [3.63, 3.8) is 0 Å². The first-order chi connectivity index (χ1) is 8.41. The summed E-state index contributed by atoms with van der Waals surface area (Å²) in [6.45, 7) is 3.98. The molecule has 18 heavy (non-hydrogen) atoms. The van der Waals surface area contributed by atoms with Gasteiger partial charge in [-0.1, -0.05) is 19.8 Å². The van der Waals surface area contributed by atoms with Gasteiger partial charge < -0.3 is 5.73 Å². The molecule has 0 bridgehead atoms. The standard InChI is InChI=1S/C14H21NO2S/c1-10-4-3-5-12(8-10)18(16,17)13-6-7-14(15)11(2)9-13/h6-7,9-10,12H,3-5,8,15H2,1-2H3. The van der Waals surface area contributed by atoms with Gasteiger partial charge >= 0.3 is 0 Å². The van der Waals surface area contributed by atoms with E-state index in [9.17, 15) is 8.42 Å². The fourth-order valence-corrected chi connectivity index (χ4v) is 4.72. The average molecular weight is 267 g/mol. The molecule has 0 radical (unpaired) electrons. The van der Waals surface area contributed by atoms with Crippen molar-refractivity contribution in [1.82, 2.24) is 0 Å². The maximum absolute atomic E-state index is 12.6. The molecule has 1 fully saturated rings. The third-order valence-electron chi connectivity index (χ3n) is 3.90. The Kier molecular flexibility index (Phi) is 3.66. The second kappa shape index (κ2) is 4.92. The molecule has 3 nitrogen and oxygen atoms in total. The summed E-state index contributed by atoms with van der Waals surface area (Å²) in [5.74, 6) is 0.508. The van der Waals surface area contributed by atoms with Crippen molar-refractivity contribution in [2.45, 2.75) is 49.7 Å². The zero-order chi connectivity index (χ0) is 13.3. The highest BCUT2D eigenvalue weighted by Crippen LogP contribution is 2.32. The molecule has 1 aliphatic rings. The number of nitrogens with two attached hydrogens (primary N) is 1. The summed E-state index contributed by atoms with van der Waals surface area (Å²) >= 11 is 0. The summed E-state index contributed by atoms with van der Waals surface area (Å²) in [7, 11) is -3.19. The lowest BCUT2D eigenvalue weighted by molar-refractivity contribution is 0.382. The SMILES string of the molecule is Cc1cc(S(=O)(=O)C2CCCC(C)C2)ccc1N. The van der Waals surface area contributed by atoms with Crippen molar-refractivity contribution in [1.29, 1.82) is 0 Å². The molecule has 1 saturated carbocycles. The summed E-state index contributed by atoms with van der Waals surface area (Å²) in [5, 5.41) is -0.218. The molecule has 1 aromatic carbocycles. The van der Waals surface area contributed by atoms with Gasteiger partial charge in [0.15, 0.2) is 9.84 Å². The first-order valence-corrected chi connectivity index (χ1v) is 8.06. The van der Waals surface area contributed by atoms with Crippen LogP contribution in [-0.4, -0.2) is 13.7 Å². The second-order valence-corrected chi connectivity index (χ2v) is 7.69. The molecule has 0 heterocycles. The number of anilines is 1. The Hall–Kier alpha value is -1.03. The summed E-state index contributed by atoms with van der Waals surface area (Å²) in [5.41, 5.74) is 7.22.